The van der Waals surface area contributed by atoms with Crippen molar-refractivity contribution in [3.05, 3.63) is 53.5 Å². The molecule has 0 atom stereocenters. The maximum absolute atomic E-state index is 12.9. The number of aryl methyl sites for hydroxylation is 2. The minimum atomic E-state index is -0.175. The first-order chi connectivity index (χ1) is 13.2. The van der Waals surface area contributed by atoms with Crippen molar-refractivity contribution in [1.29, 1.82) is 0 Å². The summed E-state index contributed by atoms with van der Waals surface area (Å²) < 4.78 is 4.58. The molecule has 0 spiro atoms. The number of hydrogen-bond acceptors (Lipinski definition) is 5. The van der Waals surface area contributed by atoms with E-state index in [0.29, 0.717) is 12.2 Å². The first-order valence-corrected chi connectivity index (χ1v) is 9.86. The normalized spacial score (nSPS) is 13.2. The van der Waals surface area contributed by atoms with Gasteiger partial charge in [-0.05, 0) is 44.4 Å². The Morgan fingerprint density at radius 1 is 1.26 bits per heavy atom. The van der Waals surface area contributed by atoms with Crippen molar-refractivity contribution in [3.8, 4) is 5.13 Å². The summed E-state index contributed by atoms with van der Waals surface area (Å²) in [5.74, 6) is 0.557. The summed E-state index contributed by atoms with van der Waals surface area (Å²) in [4.78, 5) is 17.6. The molecule has 3 aromatic heterocycles. The van der Waals surface area contributed by atoms with Crippen LogP contribution in [0.1, 0.15) is 35.1 Å². The van der Waals surface area contributed by atoms with E-state index >= 15 is 0 Å². The number of amides is 1. The third-order valence-electron chi connectivity index (χ3n) is 4.85. The van der Waals surface area contributed by atoms with Crippen molar-refractivity contribution in [2.24, 2.45) is 0 Å². The molecule has 5 rings (SSSR count). The number of hydrogen-bond donors (Lipinski definition) is 1. The monoisotopic (exact) mass is 378 g/mol. The Hall–Kier alpha value is -3.00. The molecule has 4 aromatic rings. The predicted molar refractivity (Wildman–Crippen MR) is 105 cm³/mol. The Labute approximate surface area is 159 Å². The van der Waals surface area contributed by atoms with Crippen LogP contribution in [-0.2, 0) is 19.4 Å². The smallest absolute Gasteiger partial charge is 0.275 e. The van der Waals surface area contributed by atoms with E-state index in [1.165, 1.54) is 0 Å². The van der Waals surface area contributed by atoms with Gasteiger partial charge in [-0.25, -0.2) is 4.98 Å². The average Bonchev–Trinajstić information content (AvgIpc) is 3.44. The summed E-state index contributed by atoms with van der Waals surface area (Å²) in [6.07, 6.45) is 4.56. The van der Waals surface area contributed by atoms with Gasteiger partial charge < -0.3 is 5.32 Å². The number of fused-ring (bicyclic) bond motifs is 2. The van der Waals surface area contributed by atoms with Crippen LogP contribution in [0.15, 0.2) is 36.5 Å². The lowest BCUT2D eigenvalue weighted by Gasteiger charge is -2.09. The highest BCUT2D eigenvalue weighted by molar-refractivity contribution is 7.20. The quantitative estimate of drug-likeness (QED) is 0.590. The van der Waals surface area contributed by atoms with Crippen LogP contribution in [0.3, 0.4) is 0 Å². The number of carbonyl (C=O) groups is 1. The molecule has 1 aromatic carbocycles. The number of thiazole rings is 1. The third kappa shape index (κ3) is 2.64. The average molecular weight is 378 g/mol. The van der Waals surface area contributed by atoms with Gasteiger partial charge >= 0.3 is 0 Å². The van der Waals surface area contributed by atoms with E-state index in [4.69, 9.17) is 10.1 Å². The SMILES string of the molecule is CCn1nccc1C(=O)Nc1c2c(nn1-c1nc3ccccc3s1)CCC2. The number of rotatable bonds is 4. The predicted octanol–water partition coefficient (Wildman–Crippen LogP) is 3.44. The number of para-hydroxylation sites is 1. The van der Waals surface area contributed by atoms with Gasteiger partial charge in [-0.1, -0.05) is 23.5 Å². The second kappa shape index (κ2) is 6.31. The molecule has 0 aliphatic heterocycles. The molecule has 27 heavy (non-hydrogen) atoms. The van der Waals surface area contributed by atoms with E-state index in [9.17, 15) is 4.79 Å². The molecule has 1 aliphatic rings. The lowest BCUT2D eigenvalue weighted by Crippen LogP contribution is -2.20. The van der Waals surface area contributed by atoms with Crippen LogP contribution in [0.25, 0.3) is 15.3 Å². The number of carbonyl (C=O) groups excluding carboxylic acids is 1. The number of benzene rings is 1. The van der Waals surface area contributed by atoms with Gasteiger partial charge in [-0.3, -0.25) is 9.48 Å². The standard InChI is InChI=1S/C19H18N6OS/c1-2-24-15(10-11-20-24)18(26)22-17-12-6-5-8-13(12)23-25(17)19-21-14-7-3-4-9-16(14)27-19/h3-4,7,9-11H,2,5-6,8H2,1H3,(H,22,26). The molecule has 7 nitrogen and oxygen atoms in total. The number of nitrogens with one attached hydrogen (secondary N) is 1. The van der Waals surface area contributed by atoms with E-state index in [-0.39, 0.29) is 5.91 Å². The highest BCUT2D eigenvalue weighted by Crippen LogP contribution is 2.33. The van der Waals surface area contributed by atoms with E-state index in [2.05, 4.69) is 10.4 Å². The molecule has 1 amide bonds. The molecular formula is C19H18N6OS. The number of aromatic nitrogens is 5. The highest BCUT2D eigenvalue weighted by atomic mass is 32.1. The second-order valence-corrected chi connectivity index (χ2v) is 7.50. The minimum Gasteiger partial charge on any atom is -0.305 e. The van der Waals surface area contributed by atoms with Crippen molar-refractivity contribution >= 4 is 33.3 Å². The van der Waals surface area contributed by atoms with Gasteiger partial charge in [0.05, 0.1) is 15.9 Å². The maximum Gasteiger partial charge on any atom is 0.275 e. The van der Waals surface area contributed by atoms with Crippen molar-refractivity contribution in [2.45, 2.75) is 32.7 Å². The van der Waals surface area contributed by atoms with Crippen molar-refractivity contribution in [2.75, 3.05) is 5.32 Å². The lowest BCUT2D eigenvalue weighted by molar-refractivity contribution is 0.101. The largest absolute Gasteiger partial charge is 0.305 e. The fraction of sp³-hybridized carbons (Fsp3) is 0.263. The van der Waals surface area contributed by atoms with Gasteiger partial charge in [0.1, 0.15) is 11.5 Å². The summed E-state index contributed by atoms with van der Waals surface area (Å²) in [5.41, 5.74) is 3.65. The zero-order chi connectivity index (χ0) is 18.4. The van der Waals surface area contributed by atoms with Gasteiger partial charge in [0.15, 0.2) is 0 Å². The maximum atomic E-state index is 12.9. The fourth-order valence-corrected chi connectivity index (χ4v) is 4.48. The first-order valence-electron chi connectivity index (χ1n) is 9.04. The van der Waals surface area contributed by atoms with Crippen LogP contribution in [0, 0.1) is 0 Å². The summed E-state index contributed by atoms with van der Waals surface area (Å²) in [5, 5.41) is 12.8. The molecule has 136 valence electrons. The molecule has 1 N–H and O–H groups in total. The Morgan fingerprint density at radius 3 is 3.00 bits per heavy atom. The Kier molecular flexibility index (Phi) is 3.78. The van der Waals surface area contributed by atoms with Crippen LogP contribution in [0.2, 0.25) is 0 Å². The molecular weight excluding hydrogens is 360 g/mol. The van der Waals surface area contributed by atoms with Crippen LogP contribution >= 0.6 is 11.3 Å². The molecule has 8 heteroatoms. The fourth-order valence-electron chi connectivity index (χ4n) is 3.56. The summed E-state index contributed by atoms with van der Waals surface area (Å²) in [6, 6.07) is 9.75. The van der Waals surface area contributed by atoms with E-state index < -0.39 is 0 Å². The Morgan fingerprint density at radius 2 is 2.15 bits per heavy atom. The Bertz CT molecular complexity index is 1120. The summed E-state index contributed by atoms with van der Waals surface area (Å²) >= 11 is 1.57. The zero-order valence-corrected chi connectivity index (χ0v) is 15.7. The second-order valence-electron chi connectivity index (χ2n) is 6.49. The Balaban J connectivity index is 1.58. The molecule has 0 unspecified atom stereocenters. The zero-order valence-electron chi connectivity index (χ0n) is 14.8. The van der Waals surface area contributed by atoms with Gasteiger partial charge in [0.2, 0.25) is 5.13 Å². The molecule has 0 bridgehead atoms. The highest BCUT2D eigenvalue weighted by Gasteiger charge is 2.26. The van der Waals surface area contributed by atoms with Crippen molar-refractivity contribution < 1.29 is 4.79 Å². The van der Waals surface area contributed by atoms with Gasteiger partial charge in [-0.2, -0.15) is 14.9 Å². The lowest BCUT2D eigenvalue weighted by atomic mass is 10.2. The summed E-state index contributed by atoms with van der Waals surface area (Å²) in [6.45, 7) is 2.61. The summed E-state index contributed by atoms with van der Waals surface area (Å²) in [7, 11) is 0. The van der Waals surface area contributed by atoms with Crippen LogP contribution in [0.4, 0.5) is 5.82 Å². The van der Waals surface area contributed by atoms with Gasteiger partial charge in [0, 0.05) is 18.3 Å². The molecule has 0 radical (unpaired) electrons. The van der Waals surface area contributed by atoms with E-state index in [1.54, 1.807) is 33.0 Å². The molecule has 3 heterocycles. The van der Waals surface area contributed by atoms with Crippen molar-refractivity contribution in [1.82, 2.24) is 24.5 Å². The van der Waals surface area contributed by atoms with E-state index in [0.717, 1.165) is 51.7 Å². The van der Waals surface area contributed by atoms with Crippen LogP contribution in [-0.4, -0.2) is 30.5 Å². The topological polar surface area (TPSA) is 77.6 Å². The molecule has 0 saturated carbocycles. The number of anilines is 1. The van der Waals surface area contributed by atoms with Gasteiger partial charge in [-0.15, -0.1) is 0 Å². The van der Waals surface area contributed by atoms with Crippen molar-refractivity contribution in [3.63, 3.8) is 0 Å². The molecule has 0 fully saturated rings. The number of nitrogens with zero attached hydrogens (tertiary/aromatic N) is 5. The first kappa shape index (κ1) is 16.2. The molecule has 1 aliphatic carbocycles. The van der Waals surface area contributed by atoms with Crippen LogP contribution < -0.4 is 5.32 Å². The van der Waals surface area contributed by atoms with E-state index in [1.807, 2.05) is 31.2 Å². The minimum absolute atomic E-state index is 0.175. The third-order valence-corrected chi connectivity index (χ3v) is 5.86. The molecule has 0 saturated heterocycles. The van der Waals surface area contributed by atoms with Gasteiger partial charge in [0.25, 0.3) is 5.91 Å². The van der Waals surface area contributed by atoms with Crippen LogP contribution in [0.5, 0.6) is 0 Å².